The van der Waals surface area contributed by atoms with Gasteiger partial charge in [0.2, 0.25) is 5.91 Å². The fraction of sp³-hybridized carbons (Fsp3) is 0.941. The zero-order valence-electron chi connectivity index (χ0n) is 14.3. The van der Waals surface area contributed by atoms with E-state index >= 15 is 0 Å². The van der Waals surface area contributed by atoms with Crippen molar-refractivity contribution >= 4 is 5.91 Å². The maximum atomic E-state index is 12.6. The van der Waals surface area contributed by atoms with Crippen molar-refractivity contribution in [2.45, 2.75) is 64.0 Å². The number of rotatable bonds is 7. The molecule has 0 spiro atoms. The Kier molecular flexibility index (Phi) is 6.66. The third-order valence-electron chi connectivity index (χ3n) is 5.11. The second-order valence-electron chi connectivity index (χ2n) is 7.34. The van der Waals surface area contributed by atoms with Gasteiger partial charge in [-0.3, -0.25) is 9.69 Å². The highest BCUT2D eigenvalue weighted by atomic mass is 16.5. The Hall–Kier alpha value is -0.650. The molecule has 22 heavy (non-hydrogen) atoms. The maximum absolute atomic E-state index is 12.6. The number of nitrogens with zero attached hydrogens (tertiary/aromatic N) is 1. The van der Waals surface area contributed by atoms with Crippen molar-refractivity contribution < 1.29 is 9.53 Å². The van der Waals surface area contributed by atoms with Crippen molar-refractivity contribution in [1.82, 2.24) is 10.2 Å². The van der Waals surface area contributed by atoms with Crippen molar-refractivity contribution in [3.05, 3.63) is 0 Å². The standard InChI is InChI=1S/C17H33N3O2/c1-14(2)11-15(13-18)19-16(21)12-17(5-3-4-6-17)20-7-9-22-10-8-20/h14-15H,3-13,18H2,1-2H3,(H,19,21). The van der Waals surface area contributed by atoms with Gasteiger partial charge in [-0.2, -0.15) is 0 Å². The zero-order valence-corrected chi connectivity index (χ0v) is 14.3. The van der Waals surface area contributed by atoms with E-state index in [0.717, 1.165) is 45.6 Å². The predicted octanol–water partition coefficient (Wildman–Crippen LogP) is 1.51. The zero-order chi connectivity index (χ0) is 16.0. The van der Waals surface area contributed by atoms with E-state index in [9.17, 15) is 4.79 Å². The second kappa shape index (κ2) is 8.27. The molecule has 1 saturated heterocycles. The Morgan fingerprint density at radius 2 is 1.91 bits per heavy atom. The normalized spacial score (nSPS) is 23.6. The molecule has 5 heteroatoms. The van der Waals surface area contributed by atoms with Crippen LogP contribution in [0.15, 0.2) is 0 Å². The summed E-state index contributed by atoms with van der Waals surface area (Å²) in [6, 6.07) is 0.107. The van der Waals surface area contributed by atoms with Crippen LogP contribution in [0, 0.1) is 5.92 Å². The summed E-state index contributed by atoms with van der Waals surface area (Å²) in [5.74, 6) is 0.720. The van der Waals surface area contributed by atoms with E-state index in [4.69, 9.17) is 10.5 Å². The van der Waals surface area contributed by atoms with Gasteiger partial charge in [-0.1, -0.05) is 26.7 Å². The molecule has 2 rings (SSSR count). The van der Waals surface area contributed by atoms with Crippen LogP contribution in [-0.4, -0.2) is 55.2 Å². The monoisotopic (exact) mass is 311 g/mol. The molecule has 2 aliphatic rings. The van der Waals surface area contributed by atoms with Gasteiger partial charge < -0.3 is 15.8 Å². The number of amides is 1. The van der Waals surface area contributed by atoms with Gasteiger partial charge in [0.25, 0.3) is 0 Å². The van der Waals surface area contributed by atoms with Crippen LogP contribution >= 0.6 is 0 Å². The number of carbonyl (C=O) groups excluding carboxylic acids is 1. The molecule has 1 amide bonds. The van der Waals surface area contributed by atoms with Gasteiger partial charge in [-0.15, -0.1) is 0 Å². The summed E-state index contributed by atoms with van der Waals surface area (Å²) in [6.45, 7) is 8.36. The van der Waals surface area contributed by atoms with Crippen molar-refractivity contribution in [3.63, 3.8) is 0 Å². The van der Waals surface area contributed by atoms with Crippen LogP contribution in [-0.2, 0) is 9.53 Å². The van der Waals surface area contributed by atoms with Crippen molar-refractivity contribution in [1.29, 1.82) is 0 Å². The Labute approximate surface area is 134 Å². The lowest BCUT2D eigenvalue weighted by molar-refractivity contribution is -0.126. The molecule has 1 heterocycles. The molecule has 1 saturated carbocycles. The Morgan fingerprint density at radius 1 is 1.27 bits per heavy atom. The Morgan fingerprint density at radius 3 is 2.45 bits per heavy atom. The summed E-state index contributed by atoms with van der Waals surface area (Å²) >= 11 is 0. The number of carbonyl (C=O) groups is 1. The van der Waals surface area contributed by atoms with Crippen LogP contribution in [0.2, 0.25) is 0 Å². The van der Waals surface area contributed by atoms with E-state index in [1.807, 2.05) is 0 Å². The van der Waals surface area contributed by atoms with Crippen LogP contribution in [0.4, 0.5) is 0 Å². The Balaban J connectivity index is 1.93. The average molecular weight is 311 g/mol. The van der Waals surface area contributed by atoms with Gasteiger partial charge in [0, 0.05) is 37.6 Å². The van der Waals surface area contributed by atoms with E-state index in [1.54, 1.807) is 0 Å². The molecule has 128 valence electrons. The summed E-state index contributed by atoms with van der Waals surface area (Å²) in [4.78, 5) is 15.1. The molecular formula is C17H33N3O2. The van der Waals surface area contributed by atoms with Crippen LogP contribution in [0.3, 0.4) is 0 Å². The third-order valence-corrected chi connectivity index (χ3v) is 5.11. The van der Waals surface area contributed by atoms with E-state index in [-0.39, 0.29) is 17.5 Å². The quantitative estimate of drug-likeness (QED) is 0.748. The molecular weight excluding hydrogens is 278 g/mol. The smallest absolute Gasteiger partial charge is 0.222 e. The first kappa shape index (κ1) is 17.7. The largest absolute Gasteiger partial charge is 0.379 e. The first-order chi connectivity index (χ1) is 10.6. The first-order valence-corrected chi connectivity index (χ1v) is 8.88. The van der Waals surface area contributed by atoms with Gasteiger partial charge in [0.15, 0.2) is 0 Å². The third kappa shape index (κ3) is 4.67. The number of hydrogen-bond acceptors (Lipinski definition) is 4. The van der Waals surface area contributed by atoms with E-state index in [2.05, 4.69) is 24.1 Å². The fourth-order valence-electron chi connectivity index (χ4n) is 4.04. The lowest BCUT2D eigenvalue weighted by Gasteiger charge is -2.43. The second-order valence-corrected chi connectivity index (χ2v) is 7.34. The lowest BCUT2D eigenvalue weighted by Crippen LogP contribution is -2.55. The molecule has 5 nitrogen and oxygen atoms in total. The van der Waals surface area contributed by atoms with E-state index in [1.165, 1.54) is 12.8 Å². The number of nitrogens with two attached hydrogens (primary N) is 1. The summed E-state index contributed by atoms with van der Waals surface area (Å²) in [7, 11) is 0. The first-order valence-electron chi connectivity index (χ1n) is 8.88. The minimum atomic E-state index is 0.0604. The summed E-state index contributed by atoms with van der Waals surface area (Å²) < 4.78 is 5.48. The van der Waals surface area contributed by atoms with Gasteiger partial charge in [-0.25, -0.2) is 0 Å². The number of hydrogen-bond donors (Lipinski definition) is 2. The molecule has 0 radical (unpaired) electrons. The van der Waals surface area contributed by atoms with E-state index in [0.29, 0.717) is 18.9 Å². The maximum Gasteiger partial charge on any atom is 0.222 e. The molecule has 3 N–H and O–H groups in total. The molecule has 2 fully saturated rings. The molecule has 1 unspecified atom stereocenters. The summed E-state index contributed by atoms with van der Waals surface area (Å²) in [6.07, 6.45) is 6.30. The molecule has 1 aliphatic carbocycles. The fourth-order valence-corrected chi connectivity index (χ4v) is 4.04. The van der Waals surface area contributed by atoms with Crippen molar-refractivity contribution in [3.8, 4) is 0 Å². The van der Waals surface area contributed by atoms with Gasteiger partial charge in [-0.05, 0) is 25.2 Å². The predicted molar refractivity (Wildman–Crippen MR) is 88.6 cm³/mol. The number of ether oxygens (including phenoxy) is 1. The van der Waals surface area contributed by atoms with Gasteiger partial charge >= 0.3 is 0 Å². The van der Waals surface area contributed by atoms with Crippen LogP contribution in [0.5, 0.6) is 0 Å². The summed E-state index contributed by atoms with van der Waals surface area (Å²) in [5.41, 5.74) is 5.87. The van der Waals surface area contributed by atoms with Gasteiger partial charge in [0.05, 0.1) is 13.2 Å². The van der Waals surface area contributed by atoms with Crippen LogP contribution in [0.25, 0.3) is 0 Å². The number of morpholine rings is 1. The lowest BCUT2D eigenvalue weighted by atomic mass is 9.89. The highest BCUT2D eigenvalue weighted by molar-refractivity contribution is 5.77. The van der Waals surface area contributed by atoms with Gasteiger partial charge in [0.1, 0.15) is 0 Å². The van der Waals surface area contributed by atoms with Crippen molar-refractivity contribution in [2.24, 2.45) is 11.7 Å². The highest BCUT2D eigenvalue weighted by Gasteiger charge is 2.41. The highest BCUT2D eigenvalue weighted by Crippen LogP contribution is 2.38. The molecule has 0 aromatic rings. The SMILES string of the molecule is CC(C)CC(CN)NC(=O)CC1(N2CCOCC2)CCCC1. The van der Waals surface area contributed by atoms with Crippen molar-refractivity contribution in [2.75, 3.05) is 32.8 Å². The molecule has 1 aliphatic heterocycles. The van der Waals surface area contributed by atoms with E-state index < -0.39 is 0 Å². The molecule has 0 aromatic heterocycles. The minimum absolute atomic E-state index is 0.0604. The Bertz CT molecular complexity index is 348. The molecule has 0 aromatic carbocycles. The molecule has 0 bridgehead atoms. The molecule has 1 atom stereocenters. The number of nitrogens with one attached hydrogen (secondary N) is 1. The van der Waals surface area contributed by atoms with Crippen LogP contribution < -0.4 is 11.1 Å². The average Bonchev–Trinajstić information content (AvgIpc) is 2.96. The minimum Gasteiger partial charge on any atom is -0.379 e. The van der Waals surface area contributed by atoms with Crippen LogP contribution in [0.1, 0.15) is 52.4 Å². The summed E-state index contributed by atoms with van der Waals surface area (Å²) in [5, 5.41) is 3.17. The topological polar surface area (TPSA) is 67.6 Å².